The van der Waals surface area contributed by atoms with E-state index in [-0.39, 0.29) is 41.8 Å². The number of carbonyl (C=O) groups excluding carboxylic acids is 2. The van der Waals surface area contributed by atoms with Gasteiger partial charge in [-0.2, -0.15) is 0 Å². The van der Waals surface area contributed by atoms with Crippen molar-refractivity contribution >= 4 is 11.9 Å². The molecule has 0 bridgehead atoms. The van der Waals surface area contributed by atoms with Gasteiger partial charge >= 0.3 is 6.03 Å². The lowest BCUT2D eigenvalue weighted by Crippen LogP contribution is -2.51. The van der Waals surface area contributed by atoms with Gasteiger partial charge in [0.1, 0.15) is 5.82 Å². The topological polar surface area (TPSA) is 61.4 Å². The molecule has 0 radical (unpaired) electrons. The van der Waals surface area contributed by atoms with Gasteiger partial charge < -0.3 is 15.5 Å². The standard InChI is InChI=1S/C24H30FN3O2/c1-16(2)26-24(30)28-15-20(11-14-22(28)19-9-12-21(25)13-10-19)23(29)27-17(3)18-7-5-4-6-8-18/h4-10,12-13,16-17,20,22H,11,14-15H2,1-3H3,(H,26,30)(H,27,29)/t17-,20+,22+/m0/s1. The van der Waals surface area contributed by atoms with Crippen LogP contribution >= 0.6 is 0 Å². The van der Waals surface area contributed by atoms with Gasteiger partial charge in [-0.05, 0) is 56.9 Å². The third-order valence-electron chi connectivity index (χ3n) is 5.54. The maximum Gasteiger partial charge on any atom is 0.318 e. The molecule has 3 atom stereocenters. The average molecular weight is 412 g/mol. The van der Waals surface area contributed by atoms with Crippen LogP contribution < -0.4 is 10.6 Å². The number of nitrogens with zero attached hydrogens (tertiary/aromatic N) is 1. The Balaban J connectivity index is 1.73. The largest absolute Gasteiger partial charge is 0.349 e. The summed E-state index contributed by atoms with van der Waals surface area (Å²) < 4.78 is 13.4. The molecule has 3 amide bonds. The third-order valence-corrected chi connectivity index (χ3v) is 5.54. The Hall–Kier alpha value is -2.89. The molecule has 1 saturated heterocycles. The molecular weight excluding hydrogens is 381 g/mol. The van der Waals surface area contributed by atoms with E-state index in [9.17, 15) is 14.0 Å². The first-order valence-corrected chi connectivity index (χ1v) is 10.5. The van der Waals surface area contributed by atoms with Crippen molar-refractivity contribution in [2.75, 3.05) is 6.54 Å². The fourth-order valence-corrected chi connectivity index (χ4v) is 3.93. The number of rotatable bonds is 5. The van der Waals surface area contributed by atoms with E-state index in [1.807, 2.05) is 51.1 Å². The molecule has 0 saturated carbocycles. The van der Waals surface area contributed by atoms with Crippen molar-refractivity contribution in [2.24, 2.45) is 5.92 Å². The van der Waals surface area contributed by atoms with Gasteiger partial charge in [0.2, 0.25) is 5.91 Å². The summed E-state index contributed by atoms with van der Waals surface area (Å²) in [4.78, 5) is 27.5. The number of halogens is 1. The second kappa shape index (κ2) is 9.74. The SMILES string of the molecule is CC(C)NC(=O)N1C[C@H](C(=O)N[C@@H](C)c2ccccc2)CC[C@@H]1c1ccc(F)cc1. The summed E-state index contributed by atoms with van der Waals surface area (Å²) in [7, 11) is 0. The smallest absolute Gasteiger partial charge is 0.318 e. The highest BCUT2D eigenvalue weighted by Gasteiger charge is 2.36. The van der Waals surface area contributed by atoms with Crippen LogP contribution in [0.3, 0.4) is 0 Å². The number of nitrogens with one attached hydrogen (secondary N) is 2. The quantitative estimate of drug-likeness (QED) is 0.757. The van der Waals surface area contributed by atoms with Crippen molar-refractivity contribution in [3.05, 3.63) is 71.5 Å². The normalized spacial score (nSPS) is 20.0. The van der Waals surface area contributed by atoms with Crippen LogP contribution in [0.15, 0.2) is 54.6 Å². The summed E-state index contributed by atoms with van der Waals surface area (Å²) in [5.74, 6) is -0.642. The highest BCUT2D eigenvalue weighted by atomic mass is 19.1. The van der Waals surface area contributed by atoms with Crippen LogP contribution in [0.2, 0.25) is 0 Å². The third kappa shape index (κ3) is 5.38. The summed E-state index contributed by atoms with van der Waals surface area (Å²) >= 11 is 0. The van der Waals surface area contributed by atoms with Crippen molar-refractivity contribution in [2.45, 2.75) is 51.7 Å². The van der Waals surface area contributed by atoms with Gasteiger partial charge in [-0.3, -0.25) is 4.79 Å². The van der Waals surface area contributed by atoms with Crippen molar-refractivity contribution < 1.29 is 14.0 Å². The van der Waals surface area contributed by atoms with E-state index in [1.54, 1.807) is 17.0 Å². The molecule has 0 aliphatic carbocycles. The van der Waals surface area contributed by atoms with Crippen LogP contribution in [-0.4, -0.2) is 29.4 Å². The molecule has 2 aromatic carbocycles. The molecule has 3 rings (SSSR count). The molecule has 160 valence electrons. The number of hydrogen-bond donors (Lipinski definition) is 2. The lowest BCUT2D eigenvalue weighted by Gasteiger charge is -2.40. The molecule has 1 aliphatic rings. The van der Waals surface area contributed by atoms with Crippen LogP contribution in [0.4, 0.5) is 9.18 Å². The number of benzene rings is 2. The summed E-state index contributed by atoms with van der Waals surface area (Å²) in [6.07, 6.45) is 1.32. The Labute approximate surface area is 177 Å². The van der Waals surface area contributed by atoms with E-state index in [0.717, 1.165) is 11.1 Å². The van der Waals surface area contributed by atoms with Gasteiger partial charge in [0, 0.05) is 12.6 Å². The van der Waals surface area contributed by atoms with Gasteiger partial charge in [0.25, 0.3) is 0 Å². The second-order valence-corrected chi connectivity index (χ2v) is 8.24. The van der Waals surface area contributed by atoms with Gasteiger partial charge in [0.15, 0.2) is 0 Å². The van der Waals surface area contributed by atoms with Crippen LogP contribution in [0.5, 0.6) is 0 Å². The number of urea groups is 1. The number of amides is 3. The minimum absolute atomic E-state index is 0.0151. The molecule has 0 spiro atoms. The van der Waals surface area contributed by atoms with E-state index in [0.29, 0.717) is 19.4 Å². The van der Waals surface area contributed by atoms with Crippen LogP contribution in [0.1, 0.15) is 56.8 Å². The van der Waals surface area contributed by atoms with E-state index in [4.69, 9.17) is 0 Å². The molecule has 30 heavy (non-hydrogen) atoms. The van der Waals surface area contributed by atoms with Crippen molar-refractivity contribution in [1.29, 1.82) is 0 Å². The first kappa shape index (κ1) is 21.8. The van der Waals surface area contributed by atoms with Gasteiger partial charge in [-0.15, -0.1) is 0 Å². The van der Waals surface area contributed by atoms with E-state index < -0.39 is 0 Å². The number of carbonyl (C=O) groups is 2. The maximum atomic E-state index is 13.4. The fraction of sp³-hybridized carbons (Fsp3) is 0.417. The molecule has 1 heterocycles. The number of hydrogen-bond acceptors (Lipinski definition) is 2. The summed E-state index contributed by atoms with van der Waals surface area (Å²) in [6.45, 7) is 6.09. The molecule has 1 fully saturated rings. The molecule has 5 nitrogen and oxygen atoms in total. The average Bonchev–Trinajstić information content (AvgIpc) is 2.74. The van der Waals surface area contributed by atoms with Gasteiger partial charge in [-0.1, -0.05) is 42.5 Å². The van der Waals surface area contributed by atoms with Gasteiger partial charge in [0.05, 0.1) is 18.0 Å². The highest BCUT2D eigenvalue weighted by Crippen LogP contribution is 2.34. The summed E-state index contributed by atoms with van der Waals surface area (Å²) in [5.41, 5.74) is 1.92. The molecule has 1 aliphatic heterocycles. The van der Waals surface area contributed by atoms with Crippen molar-refractivity contribution in [3.63, 3.8) is 0 Å². The lowest BCUT2D eigenvalue weighted by molar-refractivity contribution is -0.127. The summed E-state index contributed by atoms with van der Waals surface area (Å²) in [5, 5.41) is 6.01. The Bertz CT molecular complexity index is 855. The zero-order valence-electron chi connectivity index (χ0n) is 17.8. The predicted molar refractivity (Wildman–Crippen MR) is 115 cm³/mol. The lowest BCUT2D eigenvalue weighted by atomic mass is 9.88. The van der Waals surface area contributed by atoms with Crippen LogP contribution in [0.25, 0.3) is 0 Å². The molecule has 0 unspecified atom stereocenters. The first-order valence-electron chi connectivity index (χ1n) is 10.5. The zero-order chi connectivity index (χ0) is 21.7. The monoisotopic (exact) mass is 411 g/mol. The highest BCUT2D eigenvalue weighted by molar-refractivity contribution is 5.81. The minimum Gasteiger partial charge on any atom is -0.349 e. The van der Waals surface area contributed by atoms with E-state index >= 15 is 0 Å². The molecule has 0 aromatic heterocycles. The maximum absolute atomic E-state index is 13.4. The van der Waals surface area contributed by atoms with Crippen LogP contribution in [0, 0.1) is 11.7 Å². The Kier molecular flexibility index (Phi) is 7.08. The Morgan fingerprint density at radius 2 is 1.63 bits per heavy atom. The Morgan fingerprint density at radius 1 is 0.967 bits per heavy atom. The van der Waals surface area contributed by atoms with E-state index in [2.05, 4.69) is 10.6 Å². The fourth-order valence-electron chi connectivity index (χ4n) is 3.93. The van der Waals surface area contributed by atoms with Crippen molar-refractivity contribution in [1.82, 2.24) is 15.5 Å². The van der Waals surface area contributed by atoms with E-state index in [1.165, 1.54) is 12.1 Å². The zero-order valence-corrected chi connectivity index (χ0v) is 17.8. The molecule has 2 N–H and O–H groups in total. The number of piperidine rings is 1. The second-order valence-electron chi connectivity index (χ2n) is 8.24. The predicted octanol–water partition coefficient (Wildman–Crippen LogP) is 4.57. The summed E-state index contributed by atoms with van der Waals surface area (Å²) in [6, 6.07) is 15.6. The minimum atomic E-state index is -0.306. The van der Waals surface area contributed by atoms with Gasteiger partial charge in [-0.25, -0.2) is 9.18 Å². The van der Waals surface area contributed by atoms with Crippen molar-refractivity contribution in [3.8, 4) is 0 Å². The molecule has 6 heteroatoms. The number of likely N-dealkylation sites (tertiary alicyclic amines) is 1. The molecular formula is C24H30FN3O2. The first-order chi connectivity index (χ1) is 14.3. The molecule has 2 aromatic rings. The Morgan fingerprint density at radius 3 is 2.27 bits per heavy atom. The van der Waals surface area contributed by atoms with Crippen LogP contribution in [-0.2, 0) is 4.79 Å².